The first-order valence-electron chi connectivity index (χ1n) is 7.72. The van der Waals surface area contributed by atoms with E-state index in [1.54, 1.807) is 24.3 Å². The number of hydrogen-bond donors (Lipinski definition) is 1. The summed E-state index contributed by atoms with van der Waals surface area (Å²) in [6.07, 6.45) is -1.05. The predicted molar refractivity (Wildman–Crippen MR) is 94.3 cm³/mol. The molecule has 0 aromatic heterocycles. The third-order valence-corrected chi connectivity index (χ3v) is 3.62. The van der Waals surface area contributed by atoms with Crippen LogP contribution in [0.25, 0.3) is 0 Å². The van der Waals surface area contributed by atoms with Crippen molar-refractivity contribution in [1.29, 1.82) is 0 Å². The van der Waals surface area contributed by atoms with Crippen LogP contribution in [0, 0.1) is 17.0 Å². The van der Waals surface area contributed by atoms with E-state index in [-0.39, 0.29) is 11.3 Å². The van der Waals surface area contributed by atoms with E-state index in [1.165, 1.54) is 39.2 Å². The van der Waals surface area contributed by atoms with Crippen molar-refractivity contribution in [3.05, 3.63) is 63.7 Å². The molecule has 0 aliphatic heterocycles. The molecular formula is C18H18N2O6. The fourth-order valence-corrected chi connectivity index (χ4v) is 2.21. The van der Waals surface area contributed by atoms with Gasteiger partial charge in [-0.25, -0.2) is 4.79 Å². The number of amides is 1. The van der Waals surface area contributed by atoms with Gasteiger partial charge in [0.05, 0.1) is 17.6 Å². The highest BCUT2D eigenvalue weighted by Crippen LogP contribution is 2.20. The summed E-state index contributed by atoms with van der Waals surface area (Å²) in [6.45, 7) is 2.96. The summed E-state index contributed by atoms with van der Waals surface area (Å²) in [6, 6.07) is 10.6. The van der Waals surface area contributed by atoms with Crippen molar-refractivity contribution < 1.29 is 24.0 Å². The van der Waals surface area contributed by atoms with Crippen LogP contribution in [-0.4, -0.2) is 30.0 Å². The molecule has 0 saturated heterocycles. The molecule has 1 N–H and O–H groups in total. The Bertz CT molecular complexity index is 849. The summed E-state index contributed by atoms with van der Waals surface area (Å²) >= 11 is 0. The van der Waals surface area contributed by atoms with Gasteiger partial charge in [-0.2, -0.15) is 0 Å². The molecule has 0 aliphatic carbocycles. The monoisotopic (exact) mass is 358 g/mol. The van der Waals surface area contributed by atoms with E-state index in [1.807, 2.05) is 0 Å². The molecule has 2 rings (SSSR count). The van der Waals surface area contributed by atoms with Crippen LogP contribution in [0.5, 0.6) is 5.75 Å². The minimum Gasteiger partial charge on any atom is -0.497 e. The van der Waals surface area contributed by atoms with Gasteiger partial charge in [-0.05, 0) is 38.1 Å². The quantitative estimate of drug-likeness (QED) is 0.483. The van der Waals surface area contributed by atoms with E-state index < -0.39 is 22.9 Å². The van der Waals surface area contributed by atoms with Gasteiger partial charge in [0.1, 0.15) is 5.75 Å². The Morgan fingerprint density at radius 1 is 1.19 bits per heavy atom. The van der Waals surface area contributed by atoms with Crippen LogP contribution < -0.4 is 10.1 Å². The van der Waals surface area contributed by atoms with Crippen molar-refractivity contribution in [2.24, 2.45) is 0 Å². The number of nitrogens with one attached hydrogen (secondary N) is 1. The fourth-order valence-electron chi connectivity index (χ4n) is 2.21. The summed E-state index contributed by atoms with van der Waals surface area (Å²) < 4.78 is 10.2. The van der Waals surface area contributed by atoms with Gasteiger partial charge in [0.25, 0.3) is 11.6 Å². The number of hydrogen-bond acceptors (Lipinski definition) is 6. The molecule has 136 valence electrons. The number of nitro groups is 1. The maximum absolute atomic E-state index is 12.2. The number of carbonyl (C=O) groups excluding carboxylic acids is 2. The molecule has 26 heavy (non-hydrogen) atoms. The Labute approximate surface area is 149 Å². The summed E-state index contributed by atoms with van der Waals surface area (Å²) in [5, 5.41) is 13.4. The summed E-state index contributed by atoms with van der Waals surface area (Å²) in [4.78, 5) is 34.6. The van der Waals surface area contributed by atoms with E-state index in [2.05, 4.69) is 5.32 Å². The molecule has 2 aromatic carbocycles. The molecule has 0 heterocycles. The van der Waals surface area contributed by atoms with Crippen LogP contribution in [0.2, 0.25) is 0 Å². The average Bonchev–Trinajstić information content (AvgIpc) is 2.61. The van der Waals surface area contributed by atoms with Gasteiger partial charge in [-0.15, -0.1) is 0 Å². The third-order valence-electron chi connectivity index (χ3n) is 3.62. The number of anilines is 1. The Kier molecular flexibility index (Phi) is 5.90. The molecular weight excluding hydrogens is 340 g/mol. The molecule has 0 bridgehead atoms. The maximum Gasteiger partial charge on any atom is 0.338 e. The number of carbonyl (C=O) groups is 2. The summed E-state index contributed by atoms with van der Waals surface area (Å²) in [7, 11) is 1.51. The molecule has 8 nitrogen and oxygen atoms in total. The van der Waals surface area contributed by atoms with Gasteiger partial charge < -0.3 is 14.8 Å². The Hall–Kier alpha value is -3.42. The van der Waals surface area contributed by atoms with Gasteiger partial charge in [0.2, 0.25) is 0 Å². The first-order chi connectivity index (χ1) is 12.3. The predicted octanol–water partition coefficient (Wildman–Crippen LogP) is 3.10. The van der Waals surface area contributed by atoms with Crippen molar-refractivity contribution in [3.63, 3.8) is 0 Å². The van der Waals surface area contributed by atoms with Crippen molar-refractivity contribution >= 4 is 23.3 Å². The van der Waals surface area contributed by atoms with Gasteiger partial charge in [-0.1, -0.05) is 6.07 Å². The lowest BCUT2D eigenvalue weighted by atomic mass is 10.1. The molecule has 1 amide bonds. The van der Waals surface area contributed by atoms with Crippen molar-refractivity contribution in [3.8, 4) is 5.75 Å². The number of nitro benzene ring substituents is 1. The van der Waals surface area contributed by atoms with E-state index in [4.69, 9.17) is 9.47 Å². The van der Waals surface area contributed by atoms with E-state index >= 15 is 0 Å². The van der Waals surface area contributed by atoms with Crippen LogP contribution in [-0.2, 0) is 9.53 Å². The van der Waals surface area contributed by atoms with Crippen LogP contribution in [0.1, 0.15) is 22.8 Å². The second-order valence-corrected chi connectivity index (χ2v) is 5.53. The third kappa shape index (κ3) is 4.56. The lowest BCUT2D eigenvalue weighted by Crippen LogP contribution is -2.30. The van der Waals surface area contributed by atoms with Gasteiger partial charge in [0, 0.05) is 23.4 Å². The first kappa shape index (κ1) is 18.9. The lowest BCUT2D eigenvalue weighted by Gasteiger charge is -2.14. The van der Waals surface area contributed by atoms with Gasteiger partial charge in [-0.3, -0.25) is 14.9 Å². The SMILES string of the molecule is COc1cccc(NC(=O)[C@H](C)OC(=O)c2ccc([N+](=O)[O-])c(C)c2)c1. The molecule has 1 atom stereocenters. The number of ether oxygens (including phenoxy) is 2. The van der Waals surface area contributed by atoms with Crippen molar-refractivity contribution in [1.82, 2.24) is 0 Å². The van der Waals surface area contributed by atoms with E-state index in [0.717, 1.165) is 0 Å². The smallest absolute Gasteiger partial charge is 0.338 e. The van der Waals surface area contributed by atoms with E-state index in [0.29, 0.717) is 17.0 Å². The normalized spacial score (nSPS) is 11.3. The van der Waals surface area contributed by atoms with Crippen LogP contribution in [0.3, 0.4) is 0 Å². The first-order valence-corrected chi connectivity index (χ1v) is 7.72. The van der Waals surface area contributed by atoms with E-state index in [9.17, 15) is 19.7 Å². The Morgan fingerprint density at radius 2 is 1.92 bits per heavy atom. The zero-order valence-electron chi connectivity index (χ0n) is 14.5. The number of aryl methyl sites for hydroxylation is 1. The molecule has 0 saturated carbocycles. The highest BCUT2D eigenvalue weighted by molar-refractivity contribution is 5.97. The minimum absolute atomic E-state index is 0.0923. The number of rotatable bonds is 6. The molecule has 0 spiro atoms. The van der Waals surface area contributed by atoms with Gasteiger partial charge in [0.15, 0.2) is 6.10 Å². The summed E-state index contributed by atoms with van der Waals surface area (Å²) in [5.74, 6) is -0.671. The largest absolute Gasteiger partial charge is 0.497 e. The number of methoxy groups -OCH3 is 1. The molecule has 2 aromatic rings. The number of nitrogens with zero attached hydrogens (tertiary/aromatic N) is 1. The van der Waals surface area contributed by atoms with Crippen LogP contribution in [0.4, 0.5) is 11.4 Å². The number of benzene rings is 2. The fraction of sp³-hybridized carbons (Fsp3) is 0.222. The average molecular weight is 358 g/mol. The van der Waals surface area contributed by atoms with Crippen LogP contribution in [0.15, 0.2) is 42.5 Å². The van der Waals surface area contributed by atoms with Crippen molar-refractivity contribution in [2.45, 2.75) is 20.0 Å². The second-order valence-electron chi connectivity index (χ2n) is 5.53. The van der Waals surface area contributed by atoms with Gasteiger partial charge >= 0.3 is 5.97 Å². The molecule has 0 fully saturated rings. The highest BCUT2D eigenvalue weighted by Gasteiger charge is 2.21. The zero-order chi connectivity index (χ0) is 19.3. The van der Waals surface area contributed by atoms with Crippen LogP contribution >= 0.6 is 0 Å². The summed E-state index contributed by atoms with van der Waals surface area (Å²) in [5.41, 5.74) is 0.876. The van der Waals surface area contributed by atoms with Crippen molar-refractivity contribution in [2.75, 3.05) is 12.4 Å². The molecule has 8 heteroatoms. The molecule has 0 unspecified atom stereocenters. The molecule has 0 aliphatic rings. The maximum atomic E-state index is 12.2. The minimum atomic E-state index is -1.05. The highest BCUT2D eigenvalue weighted by atomic mass is 16.6. The number of esters is 1. The Balaban J connectivity index is 2.02. The zero-order valence-corrected chi connectivity index (χ0v) is 14.5. The lowest BCUT2D eigenvalue weighted by molar-refractivity contribution is -0.385. The second kappa shape index (κ2) is 8.11. The topological polar surface area (TPSA) is 108 Å². The Morgan fingerprint density at radius 3 is 2.54 bits per heavy atom. The standard InChI is InChI=1S/C18H18N2O6/c1-11-9-13(7-8-16(11)20(23)24)18(22)26-12(2)17(21)19-14-5-4-6-15(10-14)25-3/h4-10,12H,1-3H3,(H,19,21)/t12-/m0/s1. The molecule has 0 radical (unpaired) electrons.